The number of rotatable bonds is 4. The fraction of sp³-hybridized carbons (Fsp3) is 0.875. The number of nitrogens with two attached hydrogens (primary N) is 1. The third-order valence-electron chi connectivity index (χ3n) is 2.28. The van der Waals surface area contributed by atoms with Gasteiger partial charge in [-0.05, 0) is 18.9 Å². The van der Waals surface area contributed by atoms with Crippen LogP contribution in [-0.4, -0.2) is 42.2 Å². The van der Waals surface area contributed by atoms with E-state index in [9.17, 15) is 4.79 Å². The fourth-order valence-electron chi connectivity index (χ4n) is 1.71. The Morgan fingerprint density at radius 1 is 1.67 bits per heavy atom. The molecule has 4 heteroatoms. The van der Waals surface area contributed by atoms with Gasteiger partial charge in [0, 0.05) is 26.1 Å². The van der Waals surface area contributed by atoms with Crippen molar-refractivity contribution >= 4 is 5.97 Å². The summed E-state index contributed by atoms with van der Waals surface area (Å²) < 4.78 is 0. The summed E-state index contributed by atoms with van der Waals surface area (Å²) in [6.07, 6.45) is 1.31. The van der Waals surface area contributed by atoms with Crippen LogP contribution in [0.15, 0.2) is 0 Å². The molecular formula is C8H16N2O2. The smallest absolute Gasteiger partial charge is 0.303 e. The van der Waals surface area contributed by atoms with E-state index in [1.165, 1.54) is 0 Å². The van der Waals surface area contributed by atoms with Crippen molar-refractivity contribution in [1.29, 1.82) is 0 Å². The van der Waals surface area contributed by atoms with E-state index in [1.54, 1.807) is 0 Å². The van der Waals surface area contributed by atoms with Gasteiger partial charge in [-0.2, -0.15) is 0 Å². The summed E-state index contributed by atoms with van der Waals surface area (Å²) in [6, 6.07) is 0. The molecule has 1 fully saturated rings. The first-order valence-corrected chi connectivity index (χ1v) is 4.36. The minimum Gasteiger partial charge on any atom is -0.481 e. The highest BCUT2D eigenvalue weighted by Gasteiger charge is 2.23. The van der Waals surface area contributed by atoms with E-state index < -0.39 is 5.97 Å². The van der Waals surface area contributed by atoms with Crippen molar-refractivity contribution in [1.82, 2.24) is 4.90 Å². The van der Waals surface area contributed by atoms with Crippen LogP contribution in [-0.2, 0) is 4.79 Å². The number of likely N-dealkylation sites (tertiary alicyclic amines) is 1. The summed E-state index contributed by atoms with van der Waals surface area (Å²) in [6.45, 7) is 3.48. The number of aliphatic carboxylic acids is 1. The SMILES string of the molecule is NCCN1CCC(CC(=O)O)C1. The highest BCUT2D eigenvalue weighted by Crippen LogP contribution is 2.18. The van der Waals surface area contributed by atoms with Crippen LogP contribution in [0.2, 0.25) is 0 Å². The Labute approximate surface area is 72.3 Å². The van der Waals surface area contributed by atoms with Gasteiger partial charge < -0.3 is 15.7 Å². The summed E-state index contributed by atoms with van der Waals surface area (Å²) in [7, 11) is 0. The van der Waals surface area contributed by atoms with Gasteiger partial charge in [0.05, 0.1) is 0 Å². The van der Waals surface area contributed by atoms with E-state index in [1.807, 2.05) is 0 Å². The lowest BCUT2D eigenvalue weighted by Crippen LogP contribution is -2.27. The van der Waals surface area contributed by atoms with Crippen LogP contribution >= 0.6 is 0 Å². The zero-order chi connectivity index (χ0) is 8.97. The van der Waals surface area contributed by atoms with Gasteiger partial charge in [0.1, 0.15) is 0 Å². The Hall–Kier alpha value is -0.610. The Morgan fingerprint density at radius 2 is 2.42 bits per heavy atom. The second-order valence-electron chi connectivity index (χ2n) is 3.34. The van der Waals surface area contributed by atoms with Gasteiger partial charge in [-0.15, -0.1) is 0 Å². The highest BCUT2D eigenvalue weighted by molar-refractivity contribution is 5.67. The van der Waals surface area contributed by atoms with Crippen LogP contribution in [0.3, 0.4) is 0 Å². The number of nitrogens with zero attached hydrogens (tertiary/aromatic N) is 1. The lowest BCUT2D eigenvalue weighted by molar-refractivity contribution is -0.138. The molecule has 1 rings (SSSR count). The molecule has 0 aromatic carbocycles. The number of carboxylic acid groups (broad SMARTS) is 1. The van der Waals surface area contributed by atoms with Crippen molar-refractivity contribution < 1.29 is 9.90 Å². The molecule has 70 valence electrons. The minimum absolute atomic E-state index is 0.307. The van der Waals surface area contributed by atoms with Crippen LogP contribution in [0.4, 0.5) is 0 Å². The molecule has 1 atom stereocenters. The Balaban J connectivity index is 2.21. The van der Waals surface area contributed by atoms with Crippen molar-refractivity contribution in [3.05, 3.63) is 0 Å². The lowest BCUT2D eigenvalue weighted by atomic mass is 10.1. The van der Waals surface area contributed by atoms with Gasteiger partial charge in [-0.3, -0.25) is 4.79 Å². The molecule has 1 aliphatic rings. The number of hydrogen-bond donors (Lipinski definition) is 2. The Bertz CT molecular complexity index is 161. The maximum Gasteiger partial charge on any atom is 0.303 e. The summed E-state index contributed by atoms with van der Waals surface area (Å²) in [5, 5.41) is 8.55. The van der Waals surface area contributed by atoms with Crippen molar-refractivity contribution in [3.63, 3.8) is 0 Å². The van der Waals surface area contributed by atoms with Crippen LogP contribution in [0.25, 0.3) is 0 Å². The first-order chi connectivity index (χ1) is 5.72. The predicted octanol–water partition coefficient (Wildman–Crippen LogP) is -0.258. The summed E-state index contributed by atoms with van der Waals surface area (Å²) >= 11 is 0. The number of carboxylic acids is 1. The molecule has 3 N–H and O–H groups in total. The number of hydrogen-bond acceptors (Lipinski definition) is 3. The van der Waals surface area contributed by atoms with E-state index in [2.05, 4.69) is 4.90 Å². The van der Waals surface area contributed by atoms with Gasteiger partial charge in [-0.1, -0.05) is 0 Å². The maximum absolute atomic E-state index is 10.4. The van der Waals surface area contributed by atoms with Crippen LogP contribution in [0.5, 0.6) is 0 Å². The molecule has 0 aromatic heterocycles. The van der Waals surface area contributed by atoms with Crippen molar-refractivity contribution in [2.45, 2.75) is 12.8 Å². The molecule has 0 aliphatic carbocycles. The first kappa shape index (κ1) is 9.48. The molecule has 0 bridgehead atoms. The largest absolute Gasteiger partial charge is 0.481 e. The molecule has 0 saturated carbocycles. The maximum atomic E-state index is 10.4. The molecule has 12 heavy (non-hydrogen) atoms. The standard InChI is InChI=1S/C8H16N2O2/c9-2-4-10-3-1-7(6-10)5-8(11)12/h7H,1-6,9H2,(H,11,12). The Kier molecular flexibility index (Phi) is 3.49. The average molecular weight is 172 g/mol. The number of carbonyl (C=O) groups is 1. The monoisotopic (exact) mass is 172 g/mol. The van der Waals surface area contributed by atoms with Gasteiger partial charge in [-0.25, -0.2) is 0 Å². The quantitative estimate of drug-likeness (QED) is 0.613. The molecule has 0 aromatic rings. The zero-order valence-electron chi connectivity index (χ0n) is 7.20. The van der Waals surface area contributed by atoms with Crippen LogP contribution in [0, 0.1) is 5.92 Å². The van der Waals surface area contributed by atoms with Gasteiger partial charge >= 0.3 is 5.97 Å². The topological polar surface area (TPSA) is 66.6 Å². The van der Waals surface area contributed by atoms with E-state index in [0.717, 1.165) is 26.1 Å². The molecular weight excluding hydrogens is 156 g/mol. The molecule has 1 unspecified atom stereocenters. The van der Waals surface area contributed by atoms with Crippen molar-refractivity contribution in [3.8, 4) is 0 Å². The third kappa shape index (κ3) is 2.79. The second kappa shape index (κ2) is 4.42. The molecule has 4 nitrogen and oxygen atoms in total. The fourth-order valence-corrected chi connectivity index (χ4v) is 1.71. The van der Waals surface area contributed by atoms with E-state index >= 15 is 0 Å². The van der Waals surface area contributed by atoms with Crippen molar-refractivity contribution in [2.24, 2.45) is 11.7 Å². The summed E-state index contributed by atoms with van der Waals surface area (Å²) in [5.41, 5.74) is 5.40. The first-order valence-electron chi connectivity index (χ1n) is 4.36. The van der Waals surface area contributed by atoms with Crippen LogP contribution in [0.1, 0.15) is 12.8 Å². The Morgan fingerprint density at radius 3 is 3.00 bits per heavy atom. The zero-order valence-corrected chi connectivity index (χ0v) is 7.20. The van der Waals surface area contributed by atoms with E-state index in [-0.39, 0.29) is 0 Å². The van der Waals surface area contributed by atoms with Crippen molar-refractivity contribution in [2.75, 3.05) is 26.2 Å². The van der Waals surface area contributed by atoms with E-state index in [4.69, 9.17) is 10.8 Å². The summed E-state index contributed by atoms with van der Waals surface area (Å²) in [4.78, 5) is 12.6. The second-order valence-corrected chi connectivity index (χ2v) is 3.34. The van der Waals surface area contributed by atoms with Gasteiger partial charge in [0.15, 0.2) is 0 Å². The third-order valence-corrected chi connectivity index (χ3v) is 2.28. The molecule has 0 spiro atoms. The molecule has 1 aliphatic heterocycles. The molecule has 1 saturated heterocycles. The molecule has 0 amide bonds. The van der Waals surface area contributed by atoms with Crippen LogP contribution < -0.4 is 5.73 Å². The van der Waals surface area contributed by atoms with Gasteiger partial charge in [0.2, 0.25) is 0 Å². The predicted molar refractivity (Wildman–Crippen MR) is 45.9 cm³/mol. The summed E-state index contributed by atoms with van der Waals surface area (Å²) in [5.74, 6) is -0.344. The van der Waals surface area contributed by atoms with Gasteiger partial charge in [0.25, 0.3) is 0 Å². The lowest BCUT2D eigenvalue weighted by Gasteiger charge is -2.13. The average Bonchev–Trinajstić information content (AvgIpc) is 2.36. The molecule has 1 heterocycles. The molecule has 0 radical (unpaired) electrons. The van der Waals surface area contributed by atoms with E-state index in [0.29, 0.717) is 18.9 Å². The minimum atomic E-state index is -0.686. The normalized spacial score (nSPS) is 24.6. The highest BCUT2D eigenvalue weighted by atomic mass is 16.4.